The molecule has 0 spiro atoms. The molecule has 0 saturated carbocycles. The molecular formula is C20H14Br2N2O4-2. The minimum Gasteiger partial charge on any atom is -0.872 e. The van der Waals surface area contributed by atoms with Crippen molar-refractivity contribution in [3.8, 4) is 5.75 Å². The minimum atomic E-state index is -1.71. The van der Waals surface area contributed by atoms with Crippen LogP contribution in [-0.2, 0) is 0 Å². The van der Waals surface area contributed by atoms with Gasteiger partial charge in [0.1, 0.15) is 15.3 Å². The number of hydrogen-bond acceptors (Lipinski definition) is 6. The number of ketones is 1. The summed E-state index contributed by atoms with van der Waals surface area (Å²) in [4.78, 5) is 21.4. The zero-order chi connectivity index (χ0) is 20.3. The van der Waals surface area contributed by atoms with Crippen molar-refractivity contribution in [2.75, 3.05) is 0 Å². The van der Waals surface area contributed by atoms with E-state index in [0.29, 0.717) is 9.21 Å². The van der Waals surface area contributed by atoms with Crippen LogP contribution in [0, 0.1) is 5.92 Å². The van der Waals surface area contributed by atoms with Crippen molar-refractivity contribution in [1.29, 1.82) is 0 Å². The average molecular weight is 506 g/mol. The van der Waals surface area contributed by atoms with Crippen LogP contribution >= 0.6 is 31.9 Å². The Hall–Kier alpha value is -2.13. The zero-order valence-electron chi connectivity index (χ0n) is 14.3. The van der Waals surface area contributed by atoms with E-state index in [0.717, 1.165) is 0 Å². The van der Waals surface area contributed by atoms with Crippen LogP contribution in [0.4, 0.5) is 0 Å². The van der Waals surface area contributed by atoms with Crippen LogP contribution in [0.25, 0.3) is 0 Å². The molecule has 0 fully saturated rings. The van der Waals surface area contributed by atoms with Gasteiger partial charge in [0.25, 0.3) is 0 Å². The van der Waals surface area contributed by atoms with E-state index in [4.69, 9.17) is 0 Å². The lowest BCUT2D eigenvalue weighted by Crippen LogP contribution is -2.36. The van der Waals surface area contributed by atoms with Crippen LogP contribution in [0.2, 0.25) is 0 Å². The van der Waals surface area contributed by atoms with Crippen LogP contribution in [-0.4, -0.2) is 20.9 Å². The Labute approximate surface area is 178 Å². The monoisotopic (exact) mass is 504 g/mol. The van der Waals surface area contributed by atoms with Gasteiger partial charge in [0, 0.05) is 17.2 Å². The first-order valence-electron chi connectivity index (χ1n) is 8.27. The maximum Gasteiger partial charge on any atom is 0.167 e. The zero-order valence-corrected chi connectivity index (χ0v) is 17.5. The second kappa shape index (κ2) is 8.91. The summed E-state index contributed by atoms with van der Waals surface area (Å²) in [6.45, 7) is 0. The summed E-state index contributed by atoms with van der Waals surface area (Å²) in [6.07, 6.45) is -3.23. The fraction of sp³-hybridized carbons (Fsp3) is 0.150. The summed E-state index contributed by atoms with van der Waals surface area (Å²) in [6, 6.07) is 15.2. The molecule has 0 aliphatic heterocycles. The maximum atomic E-state index is 13.2. The molecule has 28 heavy (non-hydrogen) atoms. The number of benzene rings is 1. The molecule has 3 rings (SSSR count). The van der Waals surface area contributed by atoms with Crippen molar-refractivity contribution in [1.82, 2.24) is 9.97 Å². The normalized spacial score (nSPS) is 14.3. The molecule has 2 heterocycles. The van der Waals surface area contributed by atoms with E-state index in [-0.39, 0.29) is 17.0 Å². The van der Waals surface area contributed by atoms with Crippen molar-refractivity contribution in [2.45, 2.75) is 12.2 Å². The SMILES string of the molecule is O=C(c1ccccc1[O-])C(C([O-])c1cccc(Br)n1)C(O)c1cccc(Br)n1. The molecule has 0 aliphatic carbocycles. The molecule has 0 radical (unpaired) electrons. The third-order valence-electron chi connectivity index (χ3n) is 4.19. The lowest BCUT2D eigenvalue weighted by molar-refractivity contribution is -0.440. The third kappa shape index (κ3) is 4.47. The highest BCUT2D eigenvalue weighted by Gasteiger charge is 2.33. The number of carbonyl (C=O) groups is 1. The summed E-state index contributed by atoms with van der Waals surface area (Å²) < 4.78 is 0.874. The molecule has 8 heteroatoms. The van der Waals surface area contributed by atoms with E-state index in [1.54, 1.807) is 24.3 Å². The molecule has 0 amide bonds. The quantitative estimate of drug-likeness (QED) is 0.407. The van der Waals surface area contributed by atoms with Crippen molar-refractivity contribution < 1.29 is 20.1 Å². The van der Waals surface area contributed by atoms with Gasteiger partial charge in [-0.15, -0.1) is 0 Å². The Bertz CT molecular complexity index is 948. The van der Waals surface area contributed by atoms with Gasteiger partial charge < -0.3 is 15.3 Å². The van der Waals surface area contributed by atoms with Crippen LogP contribution in [0.15, 0.2) is 69.9 Å². The van der Waals surface area contributed by atoms with Gasteiger partial charge in [0.2, 0.25) is 0 Å². The van der Waals surface area contributed by atoms with Crippen LogP contribution in [0.5, 0.6) is 5.75 Å². The van der Waals surface area contributed by atoms with E-state index >= 15 is 0 Å². The highest BCUT2D eigenvalue weighted by atomic mass is 79.9. The topological polar surface area (TPSA) is 109 Å². The highest BCUT2D eigenvalue weighted by Crippen LogP contribution is 2.34. The van der Waals surface area contributed by atoms with Gasteiger partial charge in [0.15, 0.2) is 5.78 Å². The van der Waals surface area contributed by atoms with Crippen molar-refractivity contribution in [3.63, 3.8) is 0 Å². The van der Waals surface area contributed by atoms with Gasteiger partial charge in [-0.1, -0.05) is 48.3 Å². The molecule has 0 bridgehead atoms. The molecule has 1 aromatic carbocycles. The number of aromatic nitrogens is 2. The molecule has 3 aromatic rings. The molecule has 6 nitrogen and oxygen atoms in total. The van der Waals surface area contributed by atoms with E-state index in [2.05, 4.69) is 41.8 Å². The number of carbonyl (C=O) groups excluding carboxylic acids is 1. The maximum absolute atomic E-state index is 13.2. The van der Waals surface area contributed by atoms with E-state index in [1.807, 2.05) is 0 Å². The molecule has 144 valence electrons. The predicted molar refractivity (Wildman–Crippen MR) is 105 cm³/mol. The summed E-state index contributed by atoms with van der Waals surface area (Å²) in [7, 11) is 0. The molecule has 3 atom stereocenters. The van der Waals surface area contributed by atoms with Crippen molar-refractivity contribution in [3.05, 3.63) is 86.8 Å². The highest BCUT2D eigenvalue weighted by molar-refractivity contribution is 9.10. The second-order valence-electron chi connectivity index (χ2n) is 6.02. The number of aliphatic hydroxyl groups excluding tert-OH is 1. The summed E-state index contributed by atoms with van der Waals surface area (Å²) >= 11 is 6.41. The molecular weight excluding hydrogens is 492 g/mol. The Kier molecular flexibility index (Phi) is 6.56. The van der Waals surface area contributed by atoms with Crippen LogP contribution in [0.1, 0.15) is 34.0 Å². The first kappa shape index (κ1) is 20.6. The number of pyridine rings is 2. The molecule has 3 unspecified atom stereocenters. The van der Waals surface area contributed by atoms with E-state index in [9.17, 15) is 20.1 Å². The molecule has 0 saturated heterocycles. The second-order valence-corrected chi connectivity index (χ2v) is 7.65. The first-order valence-corrected chi connectivity index (χ1v) is 9.86. The smallest absolute Gasteiger partial charge is 0.167 e. The van der Waals surface area contributed by atoms with E-state index < -0.39 is 29.7 Å². The third-order valence-corrected chi connectivity index (χ3v) is 5.07. The van der Waals surface area contributed by atoms with E-state index in [1.165, 1.54) is 36.4 Å². The summed E-state index contributed by atoms with van der Waals surface area (Å²) in [5.41, 5.74) is 0.0643. The number of halogens is 2. The number of rotatable bonds is 6. The Balaban J connectivity index is 2.07. The molecule has 1 N–H and O–H groups in total. The Morgan fingerprint density at radius 2 is 1.46 bits per heavy atom. The Morgan fingerprint density at radius 3 is 2.07 bits per heavy atom. The standard InChI is InChI=1S/C20H15Br2N2O4/c21-15-9-3-6-12(23-15)19(27)17(18(26)11-5-1-2-8-14(11)25)20(28)13-7-4-10-16(22)24-13/h1-10,17,19-20,25,27H/q-1/p-1. The fourth-order valence-electron chi connectivity index (χ4n) is 2.84. The van der Waals surface area contributed by atoms with Crippen LogP contribution < -0.4 is 10.2 Å². The molecule has 0 aliphatic rings. The number of aliphatic hydroxyl groups is 1. The van der Waals surface area contributed by atoms with Crippen molar-refractivity contribution >= 4 is 37.6 Å². The number of nitrogens with zero attached hydrogens (tertiary/aromatic N) is 2. The van der Waals surface area contributed by atoms with Crippen LogP contribution in [0.3, 0.4) is 0 Å². The summed E-state index contributed by atoms with van der Waals surface area (Å²) in [5, 5.41) is 36.2. The lowest BCUT2D eigenvalue weighted by atomic mass is 9.84. The molecule has 2 aromatic heterocycles. The van der Waals surface area contributed by atoms with Crippen molar-refractivity contribution in [2.24, 2.45) is 5.92 Å². The van der Waals surface area contributed by atoms with Gasteiger partial charge in [-0.3, -0.25) is 4.79 Å². The van der Waals surface area contributed by atoms with Gasteiger partial charge in [-0.2, -0.15) is 0 Å². The predicted octanol–water partition coefficient (Wildman–Crippen LogP) is 2.71. The Morgan fingerprint density at radius 1 is 0.893 bits per heavy atom. The van der Waals surface area contributed by atoms with Gasteiger partial charge in [0.05, 0.1) is 5.69 Å². The number of para-hydroxylation sites is 1. The average Bonchev–Trinajstić information content (AvgIpc) is 2.68. The summed E-state index contributed by atoms with van der Waals surface area (Å²) in [5.74, 6) is -2.75. The fourth-order valence-corrected chi connectivity index (χ4v) is 3.55. The number of Topliss-reactive ketones (excluding diaryl/α,β-unsaturated/α-hetero) is 1. The largest absolute Gasteiger partial charge is 0.872 e. The van der Waals surface area contributed by atoms with Gasteiger partial charge >= 0.3 is 0 Å². The van der Waals surface area contributed by atoms with Gasteiger partial charge in [-0.25, -0.2) is 9.97 Å². The van der Waals surface area contributed by atoms with Gasteiger partial charge in [-0.05, 0) is 56.1 Å². The first-order chi connectivity index (χ1) is 13.4. The minimum absolute atomic E-state index is 0.0742. The lowest BCUT2D eigenvalue weighted by Gasteiger charge is -2.34. The number of hydrogen-bond donors (Lipinski definition) is 1.